The molecular weight excluding hydrogens is 312 g/mol. The van der Waals surface area contributed by atoms with Crippen molar-refractivity contribution in [3.8, 4) is 0 Å². The highest BCUT2D eigenvalue weighted by Gasteiger charge is 2.45. The average Bonchev–Trinajstić information content (AvgIpc) is 2.14. The van der Waals surface area contributed by atoms with Crippen LogP contribution in [0.3, 0.4) is 0 Å². The lowest BCUT2D eigenvalue weighted by atomic mass is 10.1. The van der Waals surface area contributed by atoms with Crippen LogP contribution in [0.15, 0.2) is 0 Å². The third-order valence-electron chi connectivity index (χ3n) is 4.38. The van der Waals surface area contributed by atoms with Crippen molar-refractivity contribution in [3.63, 3.8) is 0 Å². The van der Waals surface area contributed by atoms with Crippen LogP contribution in [0.2, 0.25) is 23.2 Å². The van der Waals surface area contributed by atoms with Gasteiger partial charge in [-0.1, -0.05) is 52.6 Å². The van der Waals surface area contributed by atoms with E-state index in [0.29, 0.717) is 17.0 Å². The van der Waals surface area contributed by atoms with Crippen molar-refractivity contribution < 1.29 is 0 Å². The van der Waals surface area contributed by atoms with Crippen LogP contribution >= 0.6 is 50.5 Å². The summed E-state index contributed by atoms with van der Waals surface area (Å²) in [5, 5.41) is 0. The Morgan fingerprint density at radius 1 is 0.889 bits per heavy atom. The summed E-state index contributed by atoms with van der Waals surface area (Å²) in [5.41, 5.74) is 1.41. The Kier molecular flexibility index (Phi) is 8.26. The molecule has 0 radical (unpaired) electrons. The largest absolute Gasteiger partial charge is 0.166 e. The van der Waals surface area contributed by atoms with E-state index in [9.17, 15) is 0 Å². The molecule has 0 saturated carbocycles. The Morgan fingerprint density at radius 3 is 1.50 bits per heavy atom. The van der Waals surface area contributed by atoms with Gasteiger partial charge in [0.05, 0.1) is 12.2 Å². The standard InChI is InChI=1S/C13H30S4Si/c1-9(2)13(16,17)8-18(10(3)4,11(5)6)7-12(14)15/h9-12,14-17H,7-8H2,1-6H3. The smallest absolute Gasteiger partial charge is 0.0628 e. The predicted octanol–water partition coefficient (Wildman–Crippen LogP) is 5.65. The normalized spacial score (nSPS) is 14.3. The average molecular weight is 343 g/mol. The zero-order valence-electron chi connectivity index (χ0n) is 12.5. The van der Waals surface area contributed by atoms with Crippen molar-refractivity contribution in [3.05, 3.63) is 0 Å². The van der Waals surface area contributed by atoms with E-state index < -0.39 is 8.07 Å². The first kappa shape index (κ1) is 19.6. The summed E-state index contributed by atoms with van der Waals surface area (Å²) in [7, 11) is -1.52. The predicted molar refractivity (Wildman–Crippen MR) is 103 cm³/mol. The van der Waals surface area contributed by atoms with E-state index in [1.807, 2.05) is 0 Å². The highest BCUT2D eigenvalue weighted by atomic mass is 32.2. The molecule has 0 N–H and O–H groups in total. The van der Waals surface area contributed by atoms with Gasteiger partial charge < -0.3 is 0 Å². The molecule has 0 aliphatic carbocycles. The van der Waals surface area contributed by atoms with E-state index in [1.54, 1.807) is 0 Å². The van der Waals surface area contributed by atoms with Gasteiger partial charge >= 0.3 is 0 Å². The molecule has 0 amide bonds. The molecule has 0 bridgehead atoms. The van der Waals surface area contributed by atoms with Crippen molar-refractivity contribution in [2.75, 3.05) is 0 Å². The summed E-state index contributed by atoms with van der Waals surface area (Å²) in [6.07, 6.45) is 0. The molecule has 0 rings (SSSR count). The van der Waals surface area contributed by atoms with Crippen molar-refractivity contribution in [2.24, 2.45) is 5.92 Å². The first-order valence-electron chi connectivity index (χ1n) is 6.76. The van der Waals surface area contributed by atoms with Gasteiger partial charge in [0.2, 0.25) is 0 Å². The Balaban J connectivity index is 5.32. The second-order valence-electron chi connectivity index (χ2n) is 6.44. The number of thiol groups is 4. The molecule has 0 spiro atoms. The van der Waals surface area contributed by atoms with Gasteiger partial charge in [-0.25, -0.2) is 0 Å². The maximum absolute atomic E-state index is 4.84. The lowest BCUT2D eigenvalue weighted by Gasteiger charge is -2.46. The van der Waals surface area contributed by atoms with E-state index in [2.05, 4.69) is 66.8 Å². The summed E-state index contributed by atoms with van der Waals surface area (Å²) in [4.78, 5) is 0. The van der Waals surface area contributed by atoms with Crippen LogP contribution in [0.4, 0.5) is 0 Å². The topological polar surface area (TPSA) is 0 Å². The van der Waals surface area contributed by atoms with Crippen LogP contribution in [0.25, 0.3) is 0 Å². The minimum atomic E-state index is -1.52. The van der Waals surface area contributed by atoms with Crippen LogP contribution in [0.1, 0.15) is 41.5 Å². The lowest BCUT2D eigenvalue weighted by molar-refractivity contribution is 0.596. The van der Waals surface area contributed by atoms with Crippen LogP contribution < -0.4 is 0 Å². The van der Waals surface area contributed by atoms with Crippen LogP contribution in [-0.2, 0) is 0 Å². The molecule has 5 heteroatoms. The van der Waals surface area contributed by atoms with Gasteiger partial charge in [0, 0.05) is 4.58 Å². The first-order valence-corrected chi connectivity index (χ1v) is 11.3. The highest BCUT2D eigenvalue weighted by molar-refractivity contribution is 8.01. The molecule has 0 aliphatic heterocycles. The fourth-order valence-electron chi connectivity index (χ4n) is 2.65. The van der Waals surface area contributed by atoms with Gasteiger partial charge in [-0.05, 0) is 18.0 Å². The van der Waals surface area contributed by atoms with E-state index in [-0.39, 0.29) is 8.66 Å². The summed E-state index contributed by atoms with van der Waals surface area (Å²) < 4.78 is -0.0110. The van der Waals surface area contributed by atoms with Gasteiger partial charge in [0.15, 0.2) is 0 Å². The molecule has 0 aromatic heterocycles. The molecular formula is C13H30S4Si. The molecule has 0 heterocycles. The van der Waals surface area contributed by atoms with E-state index in [4.69, 9.17) is 25.3 Å². The van der Waals surface area contributed by atoms with Crippen LogP contribution in [0.5, 0.6) is 0 Å². The zero-order valence-corrected chi connectivity index (χ0v) is 17.1. The second-order valence-corrected chi connectivity index (χ2v) is 15.6. The Labute approximate surface area is 137 Å². The molecule has 18 heavy (non-hydrogen) atoms. The third kappa shape index (κ3) is 5.19. The maximum atomic E-state index is 4.84. The Hall–Kier alpha value is 1.62. The molecule has 0 aromatic carbocycles. The van der Waals surface area contributed by atoms with Crippen molar-refractivity contribution in [2.45, 2.75) is 73.4 Å². The van der Waals surface area contributed by atoms with Crippen LogP contribution in [-0.4, -0.2) is 16.7 Å². The SMILES string of the molecule is CC(C)C(S)(S)C[Si](CC(S)S)(C(C)C)C(C)C. The summed E-state index contributed by atoms with van der Waals surface area (Å²) >= 11 is 18.7. The maximum Gasteiger partial charge on any atom is 0.0628 e. The molecule has 0 aromatic rings. The van der Waals surface area contributed by atoms with Crippen molar-refractivity contribution >= 4 is 58.6 Å². The first-order chi connectivity index (χ1) is 7.95. The molecule has 0 nitrogen and oxygen atoms in total. The quantitative estimate of drug-likeness (QED) is 0.256. The number of hydrogen-bond donors (Lipinski definition) is 4. The van der Waals surface area contributed by atoms with Gasteiger partial charge in [-0.15, -0.1) is 0 Å². The van der Waals surface area contributed by atoms with Gasteiger partial charge in [-0.2, -0.15) is 50.5 Å². The fourth-order valence-corrected chi connectivity index (χ4v) is 11.7. The third-order valence-corrected chi connectivity index (χ3v) is 14.4. The minimum absolute atomic E-state index is 0.172. The fraction of sp³-hybridized carbons (Fsp3) is 1.00. The zero-order chi connectivity index (χ0) is 14.7. The van der Waals surface area contributed by atoms with Crippen molar-refractivity contribution in [1.29, 1.82) is 0 Å². The molecule has 0 saturated heterocycles. The van der Waals surface area contributed by atoms with E-state index in [1.165, 1.54) is 0 Å². The molecule has 110 valence electrons. The number of rotatable bonds is 7. The minimum Gasteiger partial charge on any atom is -0.166 e. The summed E-state index contributed by atoms with van der Waals surface area (Å²) in [6.45, 7) is 13.8. The van der Waals surface area contributed by atoms with Gasteiger partial charge in [0.1, 0.15) is 0 Å². The Morgan fingerprint density at radius 2 is 1.28 bits per heavy atom. The van der Waals surface area contributed by atoms with Gasteiger partial charge in [0.25, 0.3) is 0 Å². The number of hydrogen-bond acceptors (Lipinski definition) is 4. The summed E-state index contributed by atoms with van der Waals surface area (Å²) in [5.74, 6) is 0.465. The monoisotopic (exact) mass is 342 g/mol. The Bertz CT molecular complexity index is 241. The molecule has 0 fully saturated rings. The van der Waals surface area contributed by atoms with E-state index >= 15 is 0 Å². The molecule has 0 aliphatic rings. The van der Waals surface area contributed by atoms with E-state index in [0.717, 1.165) is 12.1 Å². The summed E-state index contributed by atoms with van der Waals surface area (Å²) in [6, 6.07) is 2.25. The van der Waals surface area contributed by atoms with Gasteiger partial charge in [-0.3, -0.25) is 0 Å². The molecule has 0 unspecified atom stereocenters. The highest BCUT2D eigenvalue weighted by Crippen LogP contribution is 2.49. The second kappa shape index (κ2) is 7.58. The van der Waals surface area contributed by atoms with Crippen LogP contribution in [0, 0.1) is 5.92 Å². The van der Waals surface area contributed by atoms with Crippen molar-refractivity contribution in [1.82, 2.24) is 0 Å². The lowest BCUT2D eigenvalue weighted by Crippen LogP contribution is -2.47. The molecule has 0 atom stereocenters.